The third-order valence-corrected chi connectivity index (χ3v) is 2.09. The number of aliphatic hydroxyl groups excluding tert-OH is 1. The maximum atomic E-state index is 11.2. The van der Waals surface area contributed by atoms with Crippen molar-refractivity contribution in [3.8, 4) is 0 Å². The lowest BCUT2D eigenvalue weighted by Crippen LogP contribution is -2.25. The fourth-order valence-corrected chi connectivity index (χ4v) is 0.853. The Labute approximate surface area is 80.1 Å². The van der Waals surface area contributed by atoms with Crippen LogP contribution in [0.4, 0.5) is 0 Å². The van der Waals surface area contributed by atoms with Gasteiger partial charge in [0.2, 0.25) is 0 Å². The maximum Gasteiger partial charge on any atom is 0.311 e. The molecule has 0 aliphatic heterocycles. The van der Waals surface area contributed by atoms with Crippen molar-refractivity contribution >= 4 is 5.97 Å². The van der Waals surface area contributed by atoms with Gasteiger partial charge in [-0.2, -0.15) is 0 Å². The summed E-state index contributed by atoms with van der Waals surface area (Å²) in [5.74, 6) is -0.715. The average molecular weight is 188 g/mol. The third-order valence-electron chi connectivity index (χ3n) is 2.09. The summed E-state index contributed by atoms with van der Waals surface area (Å²) in [7, 11) is 0. The molecule has 0 spiro atoms. The second-order valence-electron chi connectivity index (χ2n) is 3.40. The second kappa shape index (κ2) is 6.89. The summed E-state index contributed by atoms with van der Waals surface area (Å²) in [5.41, 5.74) is 0. The summed E-state index contributed by atoms with van der Waals surface area (Å²) < 4.78 is 4.97. The molecule has 0 bridgehead atoms. The van der Waals surface area contributed by atoms with Gasteiger partial charge < -0.3 is 9.84 Å². The molecule has 0 unspecified atom stereocenters. The van der Waals surface area contributed by atoms with Gasteiger partial charge in [-0.25, -0.2) is 0 Å². The molecular formula is C10H20O3. The van der Waals surface area contributed by atoms with E-state index in [0.717, 1.165) is 19.3 Å². The fraction of sp³-hybridized carbons (Fsp3) is 0.900. The van der Waals surface area contributed by atoms with Gasteiger partial charge in [-0.15, -0.1) is 0 Å². The zero-order valence-electron chi connectivity index (χ0n) is 8.75. The van der Waals surface area contributed by atoms with E-state index in [1.165, 1.54) is 0 Å². The molecule has 0 aromatic carbocycles. The van der Waals surface area contributed by atoms with Crippen LogP contribution in [0.25, 0.3) is 0 Å². The molecule has 0 saturated carbocycles. The van der Waals surface area contributed by atoms with Gasteiger partial charge >= 0.3 is 5.97 Å². The van der Waals surface area contributed by atoms with Crippen LogP contribution in [0.15, 0.2) is 0 Å². The first-order valence-corrected chi connectivity index (χ1v) is 4.94. The largest absolute Gasteiger partial charge is 0.465 e. The van der Waals surface area contributed by atoms with E-state index < -0.39 is 12.0 Å². The molecule has 0 aliphatic rings. The summed E-state index contributed by atoms with van der Waals surface area (Å²) in [6.07, 6.45) is 2.48. The molecule has 0 fully saturated rings. The summed E-state index contributed by atoms with van der Waals surface area (Å²) in [4.78, 5) is 11.2. The molecular weight excluding hydrogens is 168 g/mol. The molecule has 0 rings (SSSR count). The van der Waals surface area contributed by atoms with Crippen molar-refractivity contribution in [2.75, 3.05) is 6.61 Å². The van der Waals surface area contributed by atoms with Gasteiger partial charge in [0.1, 0.15) is 0 Å². The SMILES string of the molecule is CCCCCOC(=O)[C@@H](C)[C@@H](C)O. The van der Waals surface area contributed by atoms with Crippen LogP contribution < -0.4 is 0 Å². The molecule has 0 aromatic heterocycles. The van der Waals surface area contributed by atoms with Gasteiger partial charge in [-0.1, -0.05) is 19.8 Å². The van der Waals surface area contributed by atoms with E-state index in [9.17, 15) is 4.79 Å². The molecule has 13 heavy (non-hydrogen) atoms. The third kappa shape index (κ3) is 5.64. The molecule has 1 N–H and O–H groups in total. The number of carbonyl (C=O) groups excluding carboxylic acids is 1. The van der Waals surface area contributed by atoms with Gasteiger partial charge in [-0.05, 0) is 20.3 Å². The number of hydrogen-bond acceptors (Lipinski definition) is 3. The Morgan fingerprint density at radius 3 is 2.46 bits per heavy atom. The van der Waals surface area contributed by atoms with Gasteiger partial charge in [0, 0.05) is 0 Å². The zero-order chi connectivity index (χ0) is 10.3. The van der Waals surface area contributed by atoms with E-state index in [0.29, 0.717) is 6.61 Å². The van der Waals surface area contributed by atoms with E-state index in [2.05, 4.69) is 6.92 Å². The molecule has 3 heteroatoms. The first-order chi connectivity index (χ1) is 6.09. The van der Waals surface area contributed by atoms with Crippen LogP contribution in [0.5, 0.6) is 0 Å². The predicted molar refractivity (Wildman–Crippen MR) is 51.3 cm³/mol. The molecule has 78 valence electrons. The lowest BCUT2D eigenvalue weighted by atomic mass is 10.1. The number of unbranched alkanes of at least 4 members (excludes halogenated alkanes) is 2. The summed E-state index contributed by atoms with van der Waals surface area (Å²) >= 11 is 0. The molecule has 0 aliphatic carbocycles. The van der Waals surface area contributed by atoms with Crippen LogP contribution in [-0.4, -0.2) is 23.8 Å². The normalized spacial score (nSPS) is 15.1. The van der Waals surface area contributed by atoms with Crippen LogP contribution in [0.3, 0.4) is 0 Å². The monoisotopic (exact) mass is 188 g/mol. The Morgan fingerprint density at radius 2 is 2.00 bits per heavy atom. The number of hydrogen-bond donors (Lipinski definition) is 1. The van der Waals surface area contributed by atoms with Crippen LogP contribution in [0, 0.1) is 5.92 Å². The standard InChI is InChI=1S/C10H20O3/c1-4-5-6-7-13-10(12)8(2)9(3)11/h8-9,11H,4-7H2,1-3H3/t8-,9+/m0/s1. The average Bonchev–Trinajstić information content (AvgIpc) is 2.10. The smallest absolute Gasteiger partial charge is 0.311 e. The van der Waals surface area contributed by atoms with E-state index in [1.54, 1.807) is 13.8 Å². The number of esters is 1. The molecule has 0 heterocycles. The summed E-state index contributed by atoms with van der Waals surface area (Å²) in [6.45, 7) is 5.84. The van der Waals surface area contributed by atoms with Crippen LogP contribution in [-0.2, 0) is 9.53 Å². The van der Waals surface area contributed by atoms with Crippen molar-refractivity contribution in [2.24, 2.45) is 5.92 Å². The van der Waals surface area contributed by atoms with E-state index in [1.807, 2.05) is 0 Å². The quantitative estimate of drug-likeness (QED) is 0.510. The lowest BCUT2D eigenvalue weighted by Gasteiger charge is -2.13. The van der Waals surface area contributed by atoms with Crippen molar-refractivity contribution in [3.63, 3.8) is 0 Å². The van der Waals surface area contributed by atoms with Crippen molar-refractivity contribution in [1.82, 2.24) is 0 Å². The van der Waals surface area contributed by atoms with E-state index in [4.69, 9.17) is 9.84 Å². The minimum atomic E-state index is -0.626. The Kier molecular flexibility index (Phi) is 6.59. The topological polar surface area (TPSA) is 46.5 Å². The Morgan fingerprint density at radius 1 is 1.38 bits per heavy atom. The Hall–Kier alpha value is -0.570. The van der Waals surface area contributed by atoms with Crippen molar-refractivity contribution < 1.29 is 14.6 Å². The zero-order valence-corrected chi connectivity index (χ0v) is 8.75. The number of rotatable bonds is 6. The van der Waals surface area contributed by atoms with E-state index >= 15 is 0 Å². The molecule has 0 radical (unpaired) electrons. The highest BCUT2D eigenvalue weighted by Crippen LogP contribution is 2.05. The number of carbonyl (C=O) groups is 1. The highest BCUT2D eigenvalue weighted by atomic mass is 16.5. The van der Waals surface area contributed by atoms with Crippen LogP contribution in [0.1, 0.15) is 40.0 Å². The first kappa shape index (κ1) is 12.4. The molecule has 2 atom stereocenters. The van der Waals surface area contributed by atoms with Gasteiger partial charge in [0.25, 0.3) is 0 Å². The fourth-order valence-electron chi connectivity index (χ4n) is 0.853. The molecule has 0 aromatic rings. The summed E-state index contributed by atoms with van der Waals surface area (Å²) in [5, 5.41) is 9.09. The highest BCUT2D eigenvalue weighted by molar-refractivity contribution is 5.72. The molecule has 3 nitrogen and oxygen atoms in total. The molecule has 0 saturated heterocycles. The van der Waals surface area contributed by atoms with E-state index in [-0.39, 0.29) is 5.97 Å². The second-order valence-corrected chi connectivity index (χ2v) is 3.40. The number of ether oxygens (including phenoxy) is 1. The predicted octanol–water partition coefficient (Wildman–Crippen LogP) is 1.74. The first-order valence-electron chi connectivity index (χ1n) is 4.94. The maximum absolute atomic E-state index is 11.2. The number of aliphatic hydroxyl groups is 1. The van der Waals surface area contributed by atoms with Gasteiger partial charge in [-0.3, -0.25) is 4.79 Å². The van der Waals surface area contributed by atoms with Crippen LogP contribution >= 0.6 is 0 Å². The highest BCUT2D eigenvalue weighted by Gasteiger charge is 2.18. The van der Waals surface area contributed by atoms with Gasteiger partial charge in [0.15, 0.2) is 0 Å². The summed E-state index contributed by atoms with van der Waals surface area (Å²) in [6, 6.07) is 0. The lowest BCUT2D eigenvalue weighted by molar-refractivity contribution is -0.151. The minimum Gasteiger partial charge on any atom is -0.465 e. The van der Waals surface area contributed by atoms with Crippen molar-refractivity contribution in [1.29, 1.82) is 0 Å². The van der Waals surface area contributed by atoms with Crippen molar-refractivity contribution in [3.05, 3.63) is 0 Å². The minimum absolute atomic E-state index is 0.300. The Bertz CT molecular complexity index is 143. The molecule has 0 amide bonds. The van der Waals surface area contributed by atoms with Crippen molar-refractivity contribution in [2.45, 2.75) is 46.1 Å². The van der Waals surface area contributed by atoms with Crippen LogP contribution in [0.2, 0.25) is 0 Å². The Balaban J connectivity index is 3.50. The van der Waals surface area contributed by atoms with Gasteiger partial charge in [0.05, 0.1) is 18.6 Å².